The van der Waals surface area contributed by atoms with Gasteiger partial charge < -0.3 is 9.73 Å². The van der Waals surface area contributed by atoms with E-state index in [9.17, 15) is 0 Å². The van der Waals surface area contributed by atoms with Crippen molar-refractivity contribution < 1.29 is 4.42 Å². The SMILES string of the molecule is CCNC(c1cccc(CC)c1)c1ccco1. The Labute approximate surface area is 103 Å². The van der Waals surface area contributed by atoms with Crippen molar-refractivity contribution in [1.82, 2.24) is 5.32 Å². The molecule has 90 valence electrons. The van der Waals surface area contributed by atoms with Crippen molar-refractivity contribution >= 4 is 0 Å². The van der Waals surface area contributed by atoms with Crippen molar-refractivity contribution in [3.8, 4) is 0 Å². The number of furan rings is 1. The first-order valence-corrected chi connectivity index (χ1v) is 6.20. The molecule has 0 aliphatic rings. The quantitative estimate of drug-likeness (QED) is 0.848. The van der Waals surface area contributed by atoms with Gasteiger partial charge in [0, 0.05) is 0 Å². The summed E-state index contributed by atoms with van der Waals surface area (Å²) in [5.74, 6) is 0.972. The van der Waals surface area contributed by atoms with E-state index >= 15 is 0 Å². The minimum atomic E-state index is 0.154. The van der Waals surface area contributed by atoms with E-state index in [1.165, 1.54) is 11.1 Å². The summed E-state index contributed by atoms with van der Waals surface area (Å²) < 4.78 is 5.51. The second-order valence-corrected chi connectivity index (χ2v) is 4.10. The van der Waals surface area contributed by atoms with E-state index in [1.807, 2.05) is 12.1 Å². The predicted octanol–water partition coefficient (Wildman–Crippen LogP) is 3.54. The minimum absolute atomic E-state index is 0.154. The lowest BCUT2D eigenvalue weighted by Gasteiger charge is -2.16. The van der Waals surface area contributed by atoms with Gasteiger partial charge in [0.25, 0.3) is 0 Å². The maximum atomic E-state index is 5.51. The molecular weight excluding hydrogens is 210 g/mol. The zero-order chi connectivity index (χ0) is 12.1. The van der Waals surface area contributed by atoms with Crippen molar-refractivity contribution in [2.24, 2.45) is 0 Å². The number of rotatable bonds is 5. The molecule has 0 amide bonds. The molecule has 0 fully saturated rings. The molecule has 1 unspecified atom stereocenters. The summed E-state index contributed by atoms with van der Waals surface area (Å²) in [6.07, 6.45) is 2.79. The Morgan fingerprint density at radius 2 is 2.06 bits per heavy atom. The zero-order valence-corrected chi connectivity index (χ0v) is 10.4. The average molecular weight is 229 g/mol. The van der Waals surface area contributed by atoms with Crippen LogP contribution in [0.25, 0.3) is 0 Å². The predicted molar refractivity (Wildman–Crippen MR) is 70.0 cm³/mol. The van der Waals surface area contributed by atoms with Crippen LogP contribution in [0.3, 0.4) is 0 Å². The van der Waals surface area contributed by atoms with Gasteiger partial charge in [-0.05, 0) is 36.2 Å². The maximum absolute atomic E-state index is 5.51. The molecule has 0 radical (unpaired) electrons. The molecule has 0 aliphatic heterocycles. The fourth-order valence-corrected chi connectivity index (χ4v) is 2.03. The highest BCUT2D eigenvalue weighted by atomic mass is 16.3. The molecule has 0 spiro atoms. The van der Waals surface area contributed by atoms with Crippen LogP contribution in [0, 0.1) is 0 Å². The van der Waals surface area contributed by atoms with E-state index in [0.29, 0.717) is 0 Å². The summed E-state index contributed by atoms with van der Waals surface area (Å²) >= 11 is 0. The van der Waals surface area contributed by atoms with Crippen LogP contribution in [-0.4, -0.2) is 6.54 Å². The standard InChI is InChI=1S/C15H19NO/c1-3-12-7-5-8-13(11-12)15(16-4-2)14-9-6-10-17-14/h5-11,15-16H,3-4H2,1-2H3. The van der Waals surface area contributed by atoms with Gasteiger partial charge in [-0.25, -0.2) is 0 Å². The van der Waals surface area contributed by atoms with Crippen molar-refractivity contribution in [2.75, 3.05) is 6.54 Å². The molecule has 0 saturated heterocycles. The van der Waals surface area contributed by atoms with Crippen LogP contribution in [0.4, 0.5) is 0 Å². The van der Waals surface area contributed by atoms with Crippen molar-refractivity contribution in [3.63, 3.8) is 0 Å². The number of hydrogen-bond donors (Lipinski definition) is 1. The van der Waals surface area contributed by atoms with Gasteiger partial charge in [0.2, 0.25) is 0 Å². The van der Waals surface area contributed by atoms with Crippen LogP contribution in [0.15, 0.2) is 47.1 Å². The summed E-state index contributed by atoms with van der Waals surface area (Å²) in [6.45, 7) is 5.20. The van der Waals surface area contributed by atoms with Crippen molar-refractivity contribution in [1.29, 1.82) is 0 Å². The fourth-order valence-electron chi connectivity index (χ4n) is 2.03. The smallest absolute Gasteiger partial charge is 0.125 e. The fraction of sp³-hybridized carbons (Fsp3) is 0.333. The first kappa shape index (κ1) is 11.9. The summed E-state index contributed by atoms with van der Waals surface area (Å²) in [6, 6.07) is 12.8. The molecule has 0 aliphatic carbocycles. The lowest BCUT2D eigenvalue weighted by atomic mass is 10.0. The third-order valence-corrected chi connectivity index (χ3v) is 2.93. The van der Waals surface area contributed by atoms with Crippen molar-refractivity contribution in [3.05, 3.63) is 59.5 Å². The highest BCUT2D eigenvalue weighted by Gasteiger charge is 2.15. The van der Waals surface area contributed by atoms with Crippen LogP contribution in [0.5, 0.6) is 0 Å². The Balaban J connectivity index is 2.32. The number of hydrogen-bond acceptors (Lipinski definition) is 2. The monoisotopic (exact) mass is 229 g/mol. The number of benzene rings is 1. The lowest BCUT2D eigenvalue weighted by Crippen LogP contribution is -2.21. The zero-order valence-electron chi connectivity index (χ0n) is 10.4. The van der Waals surface area contributed by atoms with Crippen LogP contribution in [0.1, 0.15) is 36.8 Å². The van der Waals surface area contributed by atoms with Gasteiger partial charge in [-0.2, -0.15) is 0 Å². The molecule has 0 bridgehead atoms. The van der Waals surface area contributed by atoms with Gasteiger partial charge in [-0.15, -0.1) is 0 Å². The summed E-state index contributed by atoms with van der Waals surface area (Å²) in [5, 5.41) is 3.46. The Kier molecular flexibility index (Phi) is 3.99. The Bertz CT molecular complexity index is 448. The first-order chi connectivity index (χ1) is 8.35. The van der Waals surface area contributed by atoms with E-state index in [2.05, 4.69) is 43.4 Å². The summed E-state index contributed by atoms with van der Waals surface area (Å²) in [4.78, 5) is 0. The summed E-state index contributed by atoms with van der Waals surface area (Å²) in [5.41, 5.74) is 2.62. The normalized spacial score (nSPS) is 12.6. The molecule has 1 atom stereocenters. The number of aryl methyl sites for hydroxylation is 1. The second-order valence-electron chi connectivity index (χ2n) is 4.10. The molecule has 1 N–H and O–H groups in total. The minimum Gasteiger partial charge on any atom is -0.467 e. The Morgan fingerprint density at radius 1 is 1.18 bits per heavy atom. The Hall–Kier alpha value is -1.54. The van der Waals surface area contributed by atoms with Gasteiger partial charge in [0.05, 0.1) is 12.3 Å². The molecule has 2 aromatic rings. The van der Waals surface area contributed by atoms with Gasteiger partial charge in [-0.3, -0.25) is 0 Å². The maximum Gasteiger partial charge on any atom is 0.125 e. The molecule has 2 nitrogen and oxygen atoms in total. The molecule has 2 heteroatoms. The molecule has 1 aromatic heterocycles. The van der Waals surface area contributed by atoms with Crippen LogP contribution >= 0.6 is 0 Å². The average Bonchev–Trinajstić information content (AvgIpc) is 2.89. The third kappa shape index (κ3) is 2.77. The molecule has 1 aromatic carbocycles. The van der Waals surface area contributed by atoms with Crippen molar-refractivity contribution in [2.45, 2.75) is 26.3 Å². The Morgan fingerprint density at radius 3 is 2.71 bits per heavy atom. The van der Waals surface area contributed by atoms with E-state index in [-0.39, 0.29) is 6.04 Å². The first-order valence-electron chi connectivity index (χ1n) is 6.20. The number of nitrogens with one attached hydrogen (secondary N) is 1. The van der Waals surface area contributed by atoms with E-state index in [0.717, 1.165) is 18.7 Å². The van der Waals surface area contributed by atoms with E-state index < -0.39 is 0 Å². The van der Waals surface area contributed by atoms with Gasteiger partial charge in [0.15, 0.2) is 0 Å². The summed E-state index contributed by atoms with van der Waals surface area (Å²) in [7, 11) is 0. The van der Waals surface area contributed by atoms with E-state index in [4.69, 9.17) is 4.42 Å². The van der Waals surface area contributed by atoms with Gasteiger partial charge in [-0.1, -0.05) is 38.1 Å². The second kappa shape index (κ2) is 5.69. The molecule has 17 heavy (non-hydrogen) atoms. The largest absolute Gasteiger partial charge is 0.467 e. The van der Waals surface area contributed by atoms with Gasteiger partial charge in [0.1, 0.15) is 5.76 Å². The highest BCUT2D eigenvalue weighted by molar-refractivity contribution is 5.30. The molecule has 0 saturated carbocycles. The van der Waals surface area contributed by atoms with E-state index in [1.54, 1.807) is 6.26 Å². The molecule has 2 rings (SSSR count). The van der Waals surface area contributed by atoms with Gasteiger partial charge >= 0.3 is 0 Å². The topological polar surface area (TPSA) is 25.2 Å². The molecule has 1 heterocycles. The highest BCUT2D eigenvalue weighted by Crippen LogP contribution is 2.23. The van der Waals surface area contributed by atoms with Crippen LogP contribution < -0.4 is 5.32 Å². The lowest BCUT2D eigenvalue weighted by molar-refractivity contribution is 0.452. The van der Waals surface area contributed by atoms with Crippen LogP contribution in [-0.2, 0) is 6.42 Å². The molecular formula is C15H19NO. The van der Waals surface area contributed by atoms with Crippen LogP contribution in [0.2, 0.25) is 0 Å². The third-order valence-electron chi connectivity index (χ3n) is 2.93.